The number of aromatic nitrogens is 5. The van der Waals surface area contributed by atoms with E-state index >= 15 is 4.39 Å². The Bertz CT molecular complexity index is 1950. The molecule has 1 aliphatic rings. The zero-order valence-electron chi connectivity index (χ0n) is 23.7. The normalized spacial score (nSPS) is 12.7. The van der Waals surface area contributed by atoms with E-state index in [4.69, 9.17) is 14.2 Å². The molecule has 4 heterocycles. The SMILES string of the molecule is C=CC(=O)N1CC(Oc2cc3c(Nc4ccc(Oc5ccn(-c6cnc(C)c(C#N)c6)n5)cc4F)ncnc3cc2OC)C1. The van der Waals surface area contributed by atoms with E-state index in [1.54, 1.807) is 54.5 Å². The summed E-state index contributed by atoms with van der Waals surface area (Å²) in [6.07, 6.45) is 5.67. The van der Waals surface area contributed by atoms with Crippen LogP contribution in [0.25, 0.3) is 16.6 Å². The van der Waals surface area contributed by atoms with Crippen molar-refractivity contribution in [3.8, 4) is 34.9 Å². The second kappa shape index (κ2) is 11.7. The quantitative estimate of drug-likeness (QED) is 0.236. The topological polar surface area (TPSA) is 140 Å². The number of ether oxygens (including phenoxy) is 3. The second-order valence-corrected chi connectivity index (χ2v) is 9.84. The van der Waals surface area contributed by atoms with Gasteiger partial charge < -0.3 is 24.4 Å². The third kappa shape index (κ3) is 5.56. The first-order valence-corrected chi connectivity index (χ1v) is 13.4. The summed E-state index contributed by atoms with van der Waals surface area (Å²) in [5, 5.41) is 17.2. The zero-order valence-corrected chi connectivity index (χ0v) is 23.7. The van der Waals surface area contributed by atoms with Gasteiger partial charge in [-0.15, -0.1) is 5.10 Å². The summed E-state index contributed by atoms with van der Waals surface area (Å²) in [5.41, 5.74) is 2.37. The van der Waals surface area contributed by atoms with E-state index in [0.717, 1.165) is 0 Å². The van der Waals surface area contributed by atoms with Crippen LogP contribution < -0.4 is 19.5 Å². The molecule has 0 spiro atoms. The van der Waals surface area contributed by atoms with E-state index in [2.05, 4.69) is 38.0 Å². The molecule has 1 N–H and O–H groups in total. The number of hydrogen-bond donors (Lipinski definition) is 1. The number of aryl methyl sites for hydroxylation is 1. The first-order chi connectivity index (χ1) is 21.3. The Morgan fingerprint density at radius 2 is 2.00 bits per heavy atom. The van der Waals surface area contributed by atoms with Crippen LogP contribution in [0.1, 0.15) is 11.3 Å². The maximum Gasteiger partial charge on any atom is 0.246 e. The third-order valence-electron chi connectivity index (χ3n) is 6.99. The van der Waals surface area contributed by atoms with Gasteiger partial charge in [0.2, 0.25) is 11.8 Å². The maximum atomic E-state index is 15.3. The molecule has 5 aromatic rings. The molecule has 12 nitrogen and oxygen atoms in total. The highest BCUT2D eigenvalue weighted by Crippen LogP contribution is 2.37. The lowest BCUT2D eigenvalue weighted by Crippen LogP contribution is -2.55. The van der Waals surface area contributed by atoms with Gasteiger partial charge in [0.1, 0.15) is 35.9 Å². The summed E-state index contributed by atoms with van der Waals surface area (Å²) < 4.78 is 34.1. The standard InChI is InChI=1S/C31H25FN8O4/c1-4-30(41)39-15-22(16-39)43-28-11-23-26(12-27(28)42-3)35-17-36-31(23)37-25-6-5-21(10-24(25)32)44-29-7-8-40(38-29)20-9-19(13-33)18(2)34-14-20/h4-12,14,17,22H,1,15-16H2,2-3H3,(H,35,36,37). The first-order valence-electron chi connectivity index (χ1n) is 13.4. The van der Waals surface area contributed by atoms with E-state index < -0.39 is 5.82 Å². The molecule has 1 amide bonds. The van der Waals surface area contributed by atoms with Crippen molar-refractivity contribution in [3.05, 3.63) is 90.9 Å². The average Bonchev–Trinajstić information content (AvgIpc) is 3.48. The summed E-state index contributed by atoms with van der Waals surface area (Å²) in [5.74, 6) is 0.998. The predicted octanol–water partition coefficient (Wildman–Crippen LogP) is 4.85. The van der Waals surface area contributed by atoms with E-state index in [9.17, 15) is 10.1 Å². The van der Waals surface area contributed by atoms with Crippen LogP contribution in [0, 0.1) is 24.1 Å². The predicted molar refractivity (Wildman–Crippen MR) is 158 cm³/mol. The minimum absolute atomic E-state index is 0.154. The fourth-order valence-electron chi connectivity index (χ4n) is 4.59. The molecule has 44 heavy (non-hydrogen) atoms. The lowest BCUT2D eigenvalue weighted by Gasteiger charge is -2.38. The number of carbonyl (C=O) groups excluding carboxylic acids is 1. The smallest absolute Gasteiger partial charge is 0.246 e. The summed E-state index contributed by atoms with van der Waals surface area (Å²) in [6, 6.07) is 13.2. The number of anilines is 2. The Morgan fingerprint density at radius 1 is 1.16 bits per heavy atom. The number of nitrogens with zero attached hydrogens (tertiary/aromatic N) is 7. The number of methoxy groups -OCH3 is 1. The molecule has 1 saturated heterocycles. The Balaban J connectivity index is 1.19. The molecular weight excluding hydrogens is 567 g/mol. The number of rotatable bonds is 9. The molecule has 0 bridgehead atoms. The number of likely N-dealkylation sites (tertiary alicyclic amines) is 1. The number of pyridine rings is 1. The minimum Gasteiger partial charge on any atom is -0.493 e. The van der Waals surface area contributed by atoms with Crippen LogP contribution in [0.4, 0.5) is 15.9 Å². The van der Waals surface area contributed by atoms with Crippen LogP contribution >= 0.6 is 0 Å². The summed E-state index contributed by atoms with van der Waals surface area (Å²) in [4.78, 5) is 26.3. The minimum atomic E-state index is -0.582. The molecule has 3 aromatic heterocycles. The fourth-order valence-corrected chi connectivity index (χ4v) is 4.59. The van der Waals surface area contributed by atoms with Crippen molar-refractivity contribution in [1.29, 1.82) is 5.26 Å². The molecule has 0 saturated carbocycles. The van der Waals surface area contributed by atoms with Crippen molar-refractivity contribution in [2.75, 3.05) is 25.5 Å². The highest BCUT2D eigenvalue weighted by Gasteiger charge is 2.31. The Morgan fingerprint density at radius 3 is 2.75 bits per heavy atom. The van der Waals surface area contributed by atoms with Crippen LogP contribution in [0.3, 0.4) is 0 Å². The van der Waals surface area contributed by atoms with Gasteiger partial charge in [-0.3, -0.25) is 9.78 Å². The molecule has 220 valence electrons. The number of benzene rings is 2. The molecule has 0 atom stereocenters. The molecule has 13 heteroatoms. The largest absolute Gasteiger partial charge is 0.493 e. The highest BCUT2D eigenvalue weighted by atomic mass is 19.1. The van der Waals surface area contributed by atoms with Crippen LogP contribution in [-0.2, 0) is 4.79 Å². The molecule has 1 aliphatic heterocycles. The van der Waals surface area contributed by atoms with Crippen LogP contribution in [0.2, 0.25) is 0 Å². The number of nitriles is 1. The van der Waals surface area contributed by atoms with Crippen LogP contribution in [0.15, 0.2) is 73.8 Å². The van der Waals surface area contributed by atoms with Gasteiger partial charge in [-0.25, -0.2) is 19.0 Å². The van der Waals surface area contributed by atoms with Gasteiger partial charge in [0.05, 0.1) is 54.5 Å². The number of hydrogen-bond acceptors (Lipinski definition) is 10. The van der Waals surface area contributed by atoms with Gasteiger partial charge in [0.15, 0.2) is 11.5 Å². The molecular formula is C31H25FN8O4. The lowest BCUT2D eigenvalue weighted by molar-refractivity contribution is -0.134. The van der Waals surface area contributed by atoms with Crippen molar-refractivity contribution >= 4 is 28.3 Å². The van der Waals surface area contributed by atoms with Gasteiger partial charge in [-0.1, -0.05) is 6.58 Å². The van der Waals surface area contributed by atoms with Gasteiger partial charge in [-0.05, 0) is 37.3 Å². The Kier molecular flexibility index (Phi) is 7.47. The summed E-state index contributed by atoms with van der Waals surface area (Å²) in [7, 11) is 1.52. The zero-order chi connectivity index (χ0) is 30.8. The van der Waals surface area contributed by atoms with Crippen molar-refractivity contribution in [2.45, 2.75) is 13.0 Å². The Hall–Kier alpha value is -6.03. The number of nitrogens with one attached hydrogen (secondary N) is 1. The lowest BCUT2D eigenvalue weighted by atomic mass is 10.1. The first kappa shape index (κ1) is 28.1. The van der Waals surface area contributed by atoms with Crippen molar-refractivity contribution in [2.24, 2.45) is 0 Å². The van der Waals surface area contributed by atoms with E-state index in [-0.39, 0.29) is 29.3 Å². The summed E-state index contributed by atoms with van der Waals surface area (Å²) in [6.45, 7) is 6.11. The average molecular weight is 593 g/mol. The monoisotopic (exact) mass is 592 g/mol. The van der Waals surface area contributed by atoms with Crippen molar-refractivity contribution < 1.29 is 23.4 Å². The van der Waals surface area contributed by atoms with Crippen molar-refractivity contribution in [1.82, 2.24) is 29.6 Å². The maximum absolute atomic E-state index is 15.3. The molecule has 1 fully saturated rings. The third-order valence-corrected chi connectivity index (χ3v) is 6.99. The molecule has 0 aliphatic carbocycles. The number of halogens is 1. The number of fused-ring (bicyclic) bond motifs is 1. The highest BCUT2D eigenvalue weighted by molar-refractivity contribution is 5.93. The van der Waals surface area contributed by atoms with Crippen molar-refractivity contribution in [3.63, 3.8) is 0 Å². The fraction of sp³-hybridized carbons (Fsp3) is 0.161. The van der Waals surface area contributed by atoms with E-state index in [1.165, 1.54) is 36.3 Å². The number of carbonyl (C=O) groups is 1. The molecule has 0 unspecified atom stereocenters. The molecule has 6 rings (SSSR count). The van der Waals surface area contributed by atoms with Crippen LogP contribution in [0.5, 0.6) is 23.1 Å². The van der Waals surface area contributed by atoms with E-state index in [1.807, 2.05) is 0 Å². The Labute approximate surface area is 251 Å². The number of amides is 1. The van der Waals surface area contributed by atoms with Gasteiger partial charge in [0.25, 0.3) is 0 Å². The molecule has 0 radical (unpaired) electrons. The summed E-state index contributed by atoms with van der Waals surface area (Å²) >= 11 is 0. The van der Waals surface area contributed by atoms with Crippen LogP contribution in [-0.4, -0.2) is 61.8 Å². The van der Waals surface area contributed by atoms with Gasteiger partial charge in [-0.2, -0.15) is 5.26 Å². The van der Waals surface area contributed by atoms with E-state index in [0.29, 0.717) is 58.3 Å². The molecule has 2 aromatic carbocycles. The van der Waals surface area contributed by atoms with Gasteiger partial charge in [0, 0.05) is 29.8 Å². The second-order valence-electron chi connectivity index (χ2n) is 9.84. The van der Waals surface area contributed by atoms with Gasteiger partial charge >= 0.3 is 0 Å².